The Bertz CT molecular complexity index is 1270. The van der Waals surface area contributed by atoms with Crippen LogP contribution in [0.25, 0.3) is 0 Å². The maximum absolute atomic E-state index is 13.5. The third-order valence-corrected chi connectivity index (χ3v) is 13.8. The van der Waals surface area contributed by atoms with Crippen molar-refractivity contribution in [3.05, 3.63) is 36.5 Å². The van der Waals surface area contributed by atoms with Crippen molar-refractivity contribution in [1.29, 1.82) is 0 Å². The molecule has 3 unspecified atom stereocenters. The SMILES string of the molecule is CCCCC/C=C\C/C=C\CCCCCCCCCC(=O)NC(COP(=O)(O)OCC[N+](C)(C)C)C(/C=C/CCCCCCCCCCCC)OC(=O)CCCCCCCCCCCCCCC. The van der Waals surface area contributed by atoms with E-state index in [-0.39, 0.29) is 25.1 Å². The predicted octanol–water partition coefficient (Wildman–Crippen LogP) is 17.2. The molecular weight excluding hydrogens is 868 g/mol. The maximum atomic E-state index is 13.5. The van der Waals surface area contributed by atoms with Gasteiger partial charge in [0.05, 0.1) is 33.8 Å². The summed E-state index contributed by atoms with van der Waals surface area (Å²) in [5, 5.41) is 3.05. The Kier molecular flexibility index (Phi) is 47.6. The second-order valence-corrected chi connectivity index (χ2v) is 22.3. The van der Waals surface area contributed by atoms with E-state index in [4.69, 9.17) is 13.8 Å². The minimum absolute atomic E-state index is 0.0405. The third kappa shape index (κ3) is 49.2. The molecule has 1 amide bonds. The van der Waals surface area contributed by atoms with Crippen LogP contribution in [0.3, 0.4) is 0 Å². The minimum atomic E-state index is -4.44. The number of ether oxygens (including phenoxy) is 1. The molecule has 0 aromatic carbocycles. The average molecular weight is 981 g/mol. The molecule has 0 aliphatic carbocycles. The summed E-state index contributed by atoms with van der Waals surface area (Å²) in [7, 11) is 1.50. The number of phosphoric ester groups is 1. The van der Waals surface area contributed by atoms with Crippen molar-refractivity contribution in [2.24, 2.45) is 0 Å². The number of hydrogen-bond acceptors (Lipinski definition) is 6. The van der Waals surface area contributed by atoms with Gasteiger partial charge in [0.25, 0.3) is 0 Å². The maximum Gasteiger partial charge on any atom is 0.472 e. The van der Waals surface area contributed by atoms with Gasteiger partial charge >= 0.3 is 13.8 Å². The van der Waals surface area contributed by atoms with E-state index in [0.717, 1.165) is 77.0 Å². The fourth-order valence-corrected chi connectivity index (χ4v) is 9.06. The molecule has 0 aliphatic heterocycles. The number of carbonyl (C=O) groups excluding carboxylic acids is 2. The van der Waals surface area contributed by atoms with Gasteiger partial charge in [-0.05, 0) is 63.9 Å². The van der Waals surface area contributed by atoms with Crippen LogP contribution in [-0.4, -0.2) is 74.3 Å². The Morgan fingerprint density at radius 1 is 0.515 bits per heavy atom. The van der Waals surface area contributed by atoms with Gasteiger partial charge in [-0.3, -0.25) is 18.6 Å². The number of esters is 1. The molecule has 0 heterocycles. The molecular formula is C58H112N2O7P+. The van der Waals surface area contributed by atoms with E-state index in [1.165, 1.54) is 161 Å². The minimum Gasteiger partial charge on any atom is -0.456 e. The lowest BCUT2D eigenvalue weighted by molar-refractivity contribution is -0.870. The van der Waals surface area contributed by atoms with Crippen LogP contribution in [0.1, 0.15) is 271 Å². The Morgan fingerprint density at radius 2 is 0.897 bits per heavy atom. The number of carbonyl (C=O) groups is 2. The van der Waals surface area contributed by atoms with E-state index in [9.17, 15) is 19.0 Å². The number of nitrogens with one attached hydrogen (secondary N) is 1. The summed E-state index contributed by atoms with van der Waals surface area (Å²) in [5.74, 6) is -0.505. The Hall–Kier alpha value is -1.77. The number of hydrogen-bond donors (Lipinski definition) is 2. The first kappa shape index (κ1) is 66.2. The van der Waals surface area contributed by atoms with Gasteiger partial charge in [-0.2, -0.15) is 0 Å². The molecule has 68 heavy (non-hydrogen) atoms. The van der Waals surface area contributed by atoms with Crippen LogP contribution < -0.4 is 5.32 Å². The third-order valence-electron chi connectivity index (χ3n) is 12.8. The summed E-state index contributed by atoms with van der Waals surface area (Å²) in [6.07, 6.45) is 57.0. The normalized spacial score (nSPS) is 14.0. The molecule has 0 aliphatic rings. The van der Waals surface area contributed by atoms with Crippen molar-refractivity contribution in [2.45, 2.75) is 283 Å². The molecule has 400 valence electrons. The Morgan fingerprint density at radius 3 is 1.35 bits per heavy atom. The molecule has 2 N–H and O–H groups in total. The topological polar surface area (TPSA) is 111 Å². The highest BCUT2D eigenvalue weighted by atomic mass is 31.2. The molecule has 0 radical (unpaired) electrons. The first-order valence-corrected chi connectivity index (χ1v) is 30.3. The fourth-order valence-electron chi connectivity index (χ4n) is 8.32. The number of unbranched alkanes of at least 4 members (excludes halogenated alkanes) is 32. The zero-order chi connectivity index (χ0) is 50.1. The van der Waals surface area contributed by atoms with Crippen molar-refractivity contribution in [2.75, 3.05) is 40.9 Å². The lowest BCUT2D eigenvalue weighted by Gasteiger charge is -2.27. The van der Waals surface area contributed by atoms with Crippen LogP contribution in [0.4, 0.5) is 0 Å². The number of phosphoric acid groups is 1. The molecule has 0 saturated heterocycles. The molecule has 3 atom stereocenters. The molecule has 0 spiro atoms. The van der Waals surface area contributed by atoms with Crippen molar-refractivity contribution in [1.82, 2.24) is 5.32 Å². The van der Waals surface area contributed by atoms with Crippen LogP contribution in [0.15, 0.2) is 36.5 Å². The number of nitrogens with zero attached hydrogens (tertiary/aromatic N) is 1. The largest absolute Gasteiger partial charge is 0.472 e. The van der Waals surface area contributed by atoms with E-state index in [1.54, 1.807) is 0 Å². The van der Waals surface area contributed by atoms with Crippen molar-refractivity contribution < 1.29 is 37.3 Å². The Labute approximate surface area is 421 Å². The number of allylic oxidation sites excluding steroid dienone is 5. The van der Waals surface area contributed by atoms with Crippen molar-refractivity contribution >= 4 is 19.7 Å². The fraction of sp³-hybridized carbons (Fsp3) is 0.862. The van der Waals surface area contributed by atoms with E-state index >= 15 is 0 Å². The van der Waals surface area contributed by atoms with Crippen LogP contribution >= 0.6 is 7.82 Å². The first-order chi connectivity index (χ1) is 32.9. The summed E-state index contributed by atoms with van der Waals surface area (Å²) < 4.78 is 30.6. The van der Waals surface area contributed by atoms with Gasteiger partial charge in [-0.15, -0.1) is 0 Å². The molecule has 0 aromatic rings. The predicted molar refractivity (Wildman–Crippen MR) is 291 cm³/mol. The van der Waals surface area contributed by atoms with Gasteiger partial charge in [-0.1, -0.05) is 231 Å². The van der Waals surface area contributed by atoms with E-state index in [0.29, 0.717) is 23.9 Å². The monoisotopic (exact) mass is 980 g/mol. The second-order valence-electron chi connectivity index (χ2n) is 20.8. The zero-order valence-corrected chi connectivity index (χ0v) is 46.5. The summed E-state index contributed by atoms with van der Waals surface area (Å²) in [5.41, 5.74) is 0. The summed E-state index contributed by atoms with van der Waals surface area (Å²) in [6, 6.07) is -0.847. The molecule has 10 heteroatoms. The van der Waals surface area contributed by atoms with Gasteiger partial charge < -0.3 is 19.4 Å². The van der Waals surface area contributed by atoms with Crippen LogP contribution in [0, 0.1) is 0 Å². The summed E-state index contributed by atoms with van der Waals surface area (Å²) in [4.78, 5) is 37.5. The highest BCUT2D eigenvalue weighted by Gasteiger charge is 2.30. The first-order valence-electron chi connectivity index (χ1n) is 28.8. The average Bonchev–Trinajstić information content (AvgIpc) is 3.29. The lowest BCUT2D eigenvalue weighted by Crippen LogP contribution is -2.47. The molecule has 0 saturated carbocycles. The van der Waals surface area contributed by atoms with Gasteiger partial charge in [0.1, 0.15) is 19.3 Å². The summed E-state index contributed by atoms with van der Waals surface area (Å²) in [6.45, 7) is 6.99. The molecule has 9 nitrogen and oxygen atoms in total. The van der Waals surface area contributed by atoms with Gasteiger partial charge in [0.2, 0.25) is 5.91 Å². The van der Waals surface area contributed by atoms with Gasteiger partial charge in [-0.25, -0.2) is 4.57 Å². The highest BCUT2D eigenvalue weighted by Crippen LogP contribution is 2.43. The number of rotatable bonds is 52. The molecule has 0 bridgehead atoms. The highest BCUT2D eigenvalue weighted by molar-refractivity contribution is 7.47. The number of likely N-dealkylation sites (N-methyl/N-ethyl adjacent to an activating group) is 1. The van der Waals surface area contributed by atoms with Gasteiger partial charge in [0, 0.05) is 12.8 Å². The quantitative estimate of drug-likeness (QED) is 0.0205. The van der Waals surface area contributed by atoms with Crippen molar-refractivity contribution in [3.8, 4) is 0 Å². The van der Waals surface area contributed by atoms with E-state index in [1.807, 2.05) is 33.3 Å². The number of quaternary nitrogens is 1. The molecule has 0 rings (SSSR count). The van der Waals surface area contributed by atoms with Crippen LogP contribution in [-0.2, 0) is 27.9 Å². The zero-order valence-electron chi connectivity index (χ0n) is 45.6. The van der Waals surface area contributed by atoms with Gasteiger partial charge in [0.15, 0.2) is 0 Å². The standard InChI is InChI=1S/C58H111N2O7P/c1-7-10-13-16-19-22-25-28-29-30-31-33-35-38-41-44-47-50-57(61)59-55(54-66-68(63,64)65-53-52-60(4,5)6)56(49-46-43-40-37-34-27-24-21-18-15-12-9-3)67-58(62)51-48-45-42-39-36-32-26-23-20-17-14-11-8-2/h19,22,28-29,46,49,55-56H,7-18,20-21,23-27,30-45,47-48,50-54H2,1-6H3,(H-,59,61,63,64)/p+1/b22-19-,29-28-,49-46+. The lowest BCUT2D eigenvalue weighted by atomic mass is 10.0. The smallest absolute Gasteiger partial charge is 0.456 e. The molecule has 0 aromatic heterocycles. The molecule has 0 fully saturated rings. The summed E-state index contributed by atoms with van der Waals surface area (Å²) >= 11 is 0. The van der Waals surface area contributed by atoms with E-state index < -0.39 is 20.0 Å². The van der Waals surface area contributed by atoms with Crippen molar-refractivity contribution in [3.63, 3.8) is 0 Å². The Balaban J connectivity index is 5.33. The van der Waals surface area contributed by atoms with Crippen LogP contribution in [0.5, 0.6) is 0 Å². The van der Waals surface area contributed by atoms with Crippen LogP contribution in [0.2, 0.25) is 0 Å². The second kappa shape index (κ2) is 48.8. The van der Waals surface area contributed by atoms with E-state index in [2.05, 4.69) is 50.4 Å². The number of amides is 1.